The second-order valence-electron chi connectivity index (χ2n) is 3.96. The first kappa shape index (κ1) is 10.9. The van der Waals surface area contributed by atoms with Crippen molar-refractivity contribution in [2.24, 2.45) is 7.05 Å². The van der Waals surface area contributed by atoms with Gasteiger partial charge < -0.3 is 9.67 Å². The van der Waals surface area contributed by atoms with Gasteiger partial charge in [0.1, 0.15) is 11.9 Å². The van der Waals surface area contributed by atoms with Crippen LogP contribution in [0.15, 0.2) is 36.5 Å². The molecule has 0 aliphatic carbocycles. The van der Waals surface area contributed by atoms with E-state index in [-0.39, 0.29) is 5.82 Å². The summed E-state index contributed by atoms with van der Waals surface area (Å²) in [6.07, 6.45) is 1.16. The summed E-state index contributed by atoms with van der Waals surface area (Å²) in [5.74, 6) is -0.247. The molecule has 2 aromatic rings. The lowest BCUT2D eigenvalue weighted by Gasteiger charge is -2.13. The van der Waals surface area contributed by atoms with E-state index in [2.05, 4.69) is 0 Å². The van der Waals surface area contributed by atoms with Crippen LogP contribution in [0.1, 0.15) is 22.9 Å². The number of aromatic nitrogens is 1. The molecule has 0 fully saturated rings. The highest BCUT2D eigenvalue weighted by molar-refractivity contribution is 5.30. The smallest absolute Gasteiger partial charge is 0.126 e. The average molecular weight is 219 g/mol. The van der Waals surface area contributed by atoms with Gasteiger partial charge in [-0.25, -0.2) is 4.39 Å². The quantitative estimate of drug-likeness (QED) is 0.825. The maximum atomic E-state index is 13.1. The lowest BCUT2D eigenvalue weighted by atomic mass is 10.0. The summed E-state index contributed by atoms with van der Waals surface area (Å²) in [7, 11) is 1.87. The zero-order valence-corrected chi connectivity index (χ0v) is 9.31. The summed E-state index contributed by atoms with van der Waals surface area (Å²) in [6.45, 7) is 1.69. The molecule has 1 aromatic heterocycles. The van der Waals surface area contributed by atoms with Crippen LogP contribution in [0.25, 0.3) is 0 Å². The van der Waals surface area contributed by atoms with Gasteiger partial charge in [0.15, 0.2) is 0 Å². The van der Waals surface area contributed by atoms with Gasteiger partial charge in [-0.05, 0) is 36.2 Å². The Morgan fingerprint density at radius 3 is 2.62 bits per heavy atom. The highest BCUT2D eigenvalue weighted by atomic mass is 19.1. The Labute approximate surface area is 94.0 Å². The second kappa shape index (κ2) is 4.10. The van der Waals surface area contributed by atoms with Crippen molar-refractivity contribution in [3.8, 4) is 0 Å². The van der Waals surface area contributed by atoms with Crippen LogP contribution in [-0.4, -0.2) is 9.67 Å². The molecule has 16 heavy (non-hydrogen) atoms. The Balaban J connectivity index is 2.38. The molecule has 0 radical (unpaired) electrons. The van der Waals surface area contributed by atoms with Crippen LogP contribution < -0.4 is 0 Å². The molecule has 0 amide bonds. The summed E-state index contributed by atoms with van der Waals surface area (Å²) >= 11 is 0. The molecule has 0 spiro atoms. The van der Waals surface area contributed by atoms with E-state index in [0.29, 0.717) is 11.1 Å². The first-order valence-corrected chi connectivity index (χ1v) is 5.15. The van der Waals surface area contributed by atoms with Gasteiger partial charge in [0, 0.05) is 13.2 Å². The minimum atomic E-state index is -0.709. The molecule has 0 saturated heterocycles. The fourth-order valence-corrected chi connectivity index (χ4v) is 1.77. The zero-order valence-electron chi connectivity index (χ0n) is 9.31. The molecule has 0 unspecified atom stereocenters. The first-order chi connectivity index (χ1) is 7.59. The third kappa shape index (κ3) is 1.86. The van der Waals surface area contributed by atoms with Gasteiger partial charge in [0.25, 0.3) is 0 Å². The van der Waals surface area contributed by atoms with E-state index in [1.54, 1.807) is 19.1 Å². The molecule has 1 aromatic carbocycles. The molecule has 0 aliphatic rings. The first-order valence-electron chi connectivity index (χ1n) is 5.15. The van der Waals surface area contributed by atoms with Crippen LogP contribution in [0.5, 0.6) is 0 Å². The Morgan fingerprint density at radius 1 is 1.31 bits per heavy atom. The van der Waals surface area contributed by atoms with E-state index in [4.69, 9.17) is 0 Å². The number of hydrogen-bond acceptors (Lipinski definition) is 1. The molecule has 84 valence electrons. The van der Waals surface area contributed by atoms with E-state index in [0.717, 1.165) is 5.69 Å². The van der Waals surface area contributed by atoms with Crippen LogP contribution >= 0.6 is 0 Å². The predicted molar refractivity (Wildman–Crippen MR) is 60.6 cm³/mol. The van der Waals surface area contributed by atoms with Crippen molar-refractivity contribution >= 4 is 0 Å². The number of aliphatic hydroxyl groups excluding tert-OH is 1. The average Bonchev–Trinajstić information content (AvgIpc) is 2.67. The molecule has 1 heterocycles. The van der Waals surface area contributed by atoms with Crippen molar-refractivity contribution in [2.45, 2.75) is 13.0 Å². The number of halogens is 1. The minimum Gasteiger partial charge on any atom is -0.382 e. The third-order valence-corrected chi connectivity index (χ3v) is 2.76. The van der Waals surface area contributed by atoms with Gasteiger partial charge in [-0.15, -0.1) is 0 Å². The van der Waals surface area contributed by atoms with Gasteiger partial charge in [0.05, 0.1) is 5.69 Å². The number of benzene rings is 1. The number of nitrogens with zero attached hydrogens (tertiary/aromatic N) is 1. The van der Waals surface area contributed by atoms with E-state index in [1.165, 1.54) is 6.07 Å². The summed E-state index contributed by atoms with van der Waals surface area (Å²) in [5.41, 5.74) is 2.05. The van der Waals surface area contributed by atoms with Crippen molar-refractivity contribution < 1.29 is 9.50 Å². The second-order valence-corrected chi connectivity index (χ2v) is 3.96. The molecular weight excluding hydrogens is 205 g/mol. The van der Waals surface area contributed by atoms with Crippen LogP contribution in [0, 0.1) is 12.7 Å². The van der Waals surface area contributed by atoms with Crippen LogP contribution in [0.4, 0.5) is 4.39 Å². The molecule has 1 N–H and O–H groups in total. The number of aliphatic hydroxyl groups is 1. The summed E-state index contributed by atoms with van der Waals surface area (Å²) in [5, 5.41) is 10.1. The van der Waals surface area contributed by atoms with E-state index >= 15 is 0 Å². The van der Waals surface area contributed by atoms with E-state index in [9.17, 15) is 9.50 Å². The molecule has 2 nitrogen and oxygen atoms in total. The van der Waals surface area contributed by atoms with Crippen molar-refractivity contribution in [3.05, 3.63) is 59.2 Å². The Bertz CT molecular complexity index is 504. The highest BCUT2D eigenvalue weighted by Crippen LogP contribution is 2.23. The summed E-state index contributed by atoms with van der Waals surface area (Å²) < 4.78 is 14.9. The lowest BCUT2D eigenvalue weighted by Crippen LogP contribution is -2.05. The third-order valence-electron chi connectivity index (χ3n) is 2.76. The molecule has 0 aliphatic heterocycles. The highest BCUT2D eigenvalue weighted by Gasteiger charge is 2.13. The largest absolute Gasteiger partial charge is 0.382 e. The maximum absolute atomic E-state index is 13.1. The zero-order chi connectivity index (χ0) is 11.7. The van der Waals surface area contributed by atoms with Gasteiger partial charge >= 0.3 is 0 Å². The molecular formula is C13H14FNO. The van der Waals surface area contributed by atoms with Crippen molar-refractivity contribution in [2.75, 3.05) is 0 Å². The molecule has 0 bridgehead atoms. The monoisotopic (exact) mass is 219 g/mol. The fraction of sp³-hybridized carbons (Fsp3) is 0.231. The summed E-state index contributed by atoms with van der Waals surface area (Å²) in [4.78, 5) is 0. The summed E-state index contributed by atoms with van der Waals surface area (Å²) in [6, 6.07) is 8.39. The molecule has 1 atom stereocenters. The standard InChI is InChI=1S/C13H14FNO/c1-9-8-10(5-6-11(9)14)13(16)12-4-3-7-15(12)2/h3-8,13,16H,1-2H3/t13-/m0/s1. The number of hydrogen-bond donors (Lipinski definition) is 1. The van der Waals surface area contributed by atoms with Crippen LogP contribution in [0.3, 0.4) is 0 Å². The van der Waals surface area contributed by atoms with Gasteiger partial charge in [-0.1, -0.05) is 12.1 Å². The van der Waals surface area contributed by atoms with Crippen molar-refractivity contribution in [1.29, 1.82) is 0 Å². The lowest BCUT2D eigenvalue weighted by molar-refractivity contribution is 0.211. The Hall–Kier alpha value is -1.61. The Kier molecular flexibility index (Phi) is 2.79. The van der Waals surface area contributed by atoms with Gasteiger partial charge in [-0.3, -0.25) is 0 Å². The number of aryl methyl sites for hydroxylation is 2. The molecule has 2 rings (SSSR count). The van der Waals surface area contributed by atoms with Crippen molar-refractivity contribution in [3.63, 3.8) is 0 Å². The van der Waals surface area contributed by atoms with Gasteiger partial charge in [-0.2, -0.15) is 0 Å². The topological polar surface area (TPSA) is 25.2 Å². The SMILES string of the molecule is Cc1cc([C@H](O)c2cccn2C)ccc1F. The predicted octanol–water partition coefficient (Wildman–Crippen LogP) is 2.55. The Morgan fingerprint density at radius 2 is 2.06 bits per heavy atom. The van der Waals surface area contributed by atoms with Crippen LogP contribution in [-0.2, 0) is 7.05 Å². The van der Waals surface area contributed by atoms with E-state index in [1.807, 2.05) is 29.9 Å². The van der Waals surface area contributed by atoms with Gasteiger partial charge in [0.2, 0.25) is 0 Å². The minimum absolute atomic E-state index is 0.247. The fourth-order valence-electron chi connectivity index (χ4n) is 1.77. The molecule has 0 saturated carbocycles. The van der Waals surface area contributed by atoms with Crippen LogP contribution in [0.2, 0.25) is 0 Å². The van der Waals surface area contributed by atoms with E-state index < -0.39 is 6.10 Å². The maximum Gasteiger partial charge on any atom is 0.126 e. The normalized spacial score (nSPS) is 12.8. The van der Waals surface area contributed by atoms with Crippen molar-refractivity contribution in [1.82, 2.24) is 4.57 Å². The number of rotatable bonds is 2. The molecule has 3 heteroatoms.